The third-order valence-electron chi connectivity index (χ3n) is 4.80. The molecule has 0 bridgehead atoms. The van der Waals surface area contributed by atoms with Crippen LogP contribution in [0.5, 0.6) is 0 Å². The first-order valence-corrected chi connectivity index (χ1v) is 8.82. The number of hydrogen-bond donors (Lipinski definition) is 1. The van der Waals surface area contributed by atoms with Crippen LogP contribution in [0.25, 0.3) is 0 Å². The van der Waals surface area contributed by atoms with Crippen molar-refractivity contribution in [2.75, 3.05) is 6.54 Å². The van der Waals surface area contributed by atoms with Crippen molar-refractivity contribution in [1.29, 1.82) is 0 Å². The molecule has 0 spiro atoms. The molecule has 1 fully saturated rings. The van der Waals surface area contributed by atoms with E-state index in [9.17, 15) is 4.79 Å². The summed E-state index contributed by atoms with van der Waals surface area (Å²) < 4.78 is 0. The summed E-state index contributed by atoms with van der Waals surface area (Å²) in [6.45, 7) is 4.99. The van der Waals surface area contributed by atoms with E-state index in [-0.39, 0.29) is 18.1 Å². The number of nitrogens with zero attached hydrogens (tertiary/aromatic N) is 1. The van der Waals surface area contributed by atoms with Crippen LogP contribution in [-0.2, 0) is 0 Å². The van der Waals surface area contributed by atoms with Gasteiger partial charge in [-0.25, -0.2) is 4.79 Å². The molecule has 1 aliphatic carbocycles. The van der Waals surface area contributed by atoms with E-state index in [0.29, 0.717) is 5.92 Å². The minimum absolute atomic E-state index is 0.00313. The van der Waals surface area contributed by atoms with Crippen molar-refractivity contribution in [3.8, 4) is 0 Å². The van der Waals surface area contributed by atoms with Crippen molar-refractivity contribution < 1.29 is 4.79 Å². The number of carbonyl (C=O) groups is 1. The molecule has 3 rings (SSSR count). The van der Waals surface area contributed by atoms with E-state index >= 15 is 0 Å². The quantitative estimate of drug-likeness (QED) is 0.803. The first-order chi connectivity index (χ1) is 11.6. The highest BCUT2D eigenvalue weighted by Crippen LogP contribution is 2.33. The van der Waals surface area contributed by atoms with Crippen molar-refractivity contribution in [3.05, 3.63) is 71.8 Å². The van der Waals surface area contributed by atoms with E-state index in [1.165, 1.54) is 18.4 Å². The van der Waals surface area contributed by atoms with E-state index in [1.807, 2.05) is 48.2 Å². The third-order valence-corrected chi connectivity index (χ3v) is 4.80. The molecule has 3 nitrogen and oxygen atoms in total. The van der Waals surface area contributed by atoms with E-state index in [0.717, 1.165) is 12.1 Å². The summed E-state index contributed by atoms with van der Waals surface area (Å²) in [4.78, 5) is 14.9. The number of urea groups is 1. The lowest BCUT2D eigenvalue weighted by atomic mass is 10.1. The summed E-state index contributed by atoms with van der Waals surface area (Å²) in [5.74, 6) is 0.661. The second kappa shape index (κ2) is 7.52. The molecule has 0 heterocycles. The molecule has 0 aromatic heterocycles. The van der Waals surface area contributed by atoms with Gasteiger partial charge in [0.2, 0.25) is 0 Å². The molecular formula is C21H26N2O. The zero-order valence-electron chi connectivity index (χ0n) is 14.5. The molecule has 2 aromatic carbocycles. The summed E-state index contributed by atoms with van der Waals surface area (Å²) in [5.41, 5.74) is 2.31. The Kier molecular flexibility index (Phi) is 5.19. The largest absolute Gasteiger partial charge is 0.331 e. The fraction of sp³-hybridized carbons (Fsp3) is 0.381. The minimum Gasteiger partial charge on any atom is -0.331 e. The Morgan fingerprint density at radius 1 is 1.00 bits per heavy atom. The molecular weight excluding hydrogens is 296 g/mol. The van der Waals surface area contributed by atoms with Crippen LogP contribution in [0.2, 0.25) is 0 Å². The summed E-state index contributed by atoms with van der Waals surface area (Å²) in [5, 5.41) is 3.17. The number of rotatable bonds is 6. The number of hydrogen-bond acceptors (Lipinski definition) is 1. The van der Waals surface area contributed by atoms with E-state index in [1.54, 1.807) is 0 Å². The van der Waals surface area contributed by atoms with Gasteiger partial charge in [-0.05, 0) is 43.7 Å². The predicted octanol–water partition coefficient (Wildman–Crippen LogP) is 4.93. The molecule has 0 saturated heterocycles. The fourth-order valence-electron chi connectivity index (χ4n) is 3.00. The van der Waals surface area contributed by atoms with Crippen molar-refractivity contribution in [2.45, 2.75) is 38.8 Å². The number of benzene rings is 2. The Balaban J connectivity index is 1.71. The third kappa shape index (κ3) is 4.16. The smallest absolute Gasteiger partial charge is 0.318 e. The zero-order chi connectivity index (χ0) is 16.9. The minimum atomic E-state index is 0.00313. The highest BCUT2D eigenvalue weighted by molar-refractivity contribution is 5.75. The van der Waals surface area contributed by atoms with Gasteiger partial charge in [-0.2, -0.15) is 0 Å². The summed E-state index contributed by atoms with van der Waals surface area (Å²) >= 11 is 0. The standard InChI is InChI=1S/C21H26N2O/c1-16(19-9-5-3-6-10-19)22-21(24)23(15-18-13-14-18)17(2)20-11-7-4-8-12-20/h3-12,16-18H,13-15H2,1-2H3,(H,22,24). The number of carbonyl (C=O) groups excluding carboxylic acids is 1. The van der Waals surface area contributed by atoms with E-state index < -0.39 is 0 Å². The Bertz CT molecular complexity index is 652. The summed E-state index contributed by atoms with van der Waals surface area (Å²) in [6.07, 6.45) is 2.47. The van der Waals surface area contributed by atoms with Crippen LogP contribution in [-0.4, -0.2) is 17.5 Å². The second-order valence-corrected chi connectivity index (χ2v) is 6.76. The molecule has 1 N–H and O–H groups in total. The van der Waals surface area contributed by atoms with Gasteiger partial charge >= 0.3 is 6.03 Å². The Morgan fingerprint density at radius 3 is 2.08 bits per heavy atom. The lowest BCUT2D eigenvalue weighted by molar-refractivity contribution is 0.172. The highest BCUT2D eigenvalue weighted by atomic mass is 16.2. The average molecular weight is 322 g/mol. The first-order valence-electron chi connectivity index (χ1n) is 8.82. The molecule has 24 heavy (non-hydrogen) atoms. The number of amides is 2. The SMILES string of the molecule is CC(NC(=O)N(CC1CC1)C(C)c1ccccc1)c1ccccc1. The lowest BCUT2D eigenvalue weighted by Gasteiger charge is -2.31. The van der Waals surface area contributed by atoms with Crippen LogP contribution in [0.15, 0.2) is 60.7 Å². The van der Waals surface area contributed by atoms with Gasteiger partial charge in [-0.3, -0.25) is 0 Å². The predicted molar refractivity (Wildman–Crippen MR) is 97.7 cm³/mol. The van der Waals surface area contributed by atoms with Gasteiger partial charge in [0.15, 0.2) is 0 Å². The van der Waals surface area contributed by atoms with Crippen LogP contribution in [0.3, 0.4) is 0 Å². The highest BCUT2D eigenvalue weighted by Gasteiger charge is 2.30. The monoisotopic (exact) mass is 322 g/mol. The van der Waals surface area contributed by atoms with Crippen molar-refractivity contribution >= 4 is 6.03 Å². The normalized spacial score (nSPS) is 16.2. The summed E-state index contributed by atoms with van der Waals surface area (Å²) in [7, 11) is 0. The number of nitrogens with one attached hydrogen (secondary N) is 1. The zero-order valence-corrected chi connectivity index (χ0v) is 14.5. The van der Waals surface area contributed by atoms with Gasteiger partial charge in [-0.1, -0.05) is 60.7 Å². The van der Waals surface area contributed by atoms with Gasteiger partial charge in [0.25, 0.3) is 0 Å². The first kappa shape index (κ1) is 16.6. The molecule has 0 aliphatic heterocycles. The van der Waals surface area contributed by atoms with E-state index in [4.69, 9.17) is 0 Å². The molecule has 1 saturated carbocycles. The maximum Gasteiger partial charge on any atom is 0.318 e. The molecule has 1 aliphatic rings. The van der Waals surface area contributed by atoms with Crippen LogP contribution in [0.1, 0.15) is 49.9 Å². The molecule has 126 valence electrons. The fourth-order valence-corrected chi connectivity index (χ4v) is 3.00. The Hall–Kier alpha value is -2.29. The van der Waals surface area contributed by atoms with Gasteiger partial charge in [0, 0.05) is 6.54 Å². The Labute approximate surface area is 144 Å². The van der Waals surface area contributed by atoms with E-state index in [2.05, 4.69) is 36.5 Å². The van der Waals surface area contributed by atoms with Crippen molar-refractivity contribution in [1.82, 2.24) is 10.2 Å². The van der Waals surface area contributed by atoms with Gasteiger partial charge in [-0.15, -0.1) is 0 Å². The molecule has 2 amide bonds. The van der Waals surface area contributed by atoms with Gasteiger partial charge in [0.1, 0.15) is 0 Å². The lowest BCUT2D eigenvalue weighted by Crippen LogP contribution is -2.43. The Morgan fingerprint density at radius 2 is 1.54 bits per heavy atom. The molecule has 2 aromatic rings. The molecule has 2 atom stereocenters. The van der Waals surface area contributed by atoms with Crippen LogP contribution in [0, 0.1) is 5.92 Å². The maximum atomic E-state index is 12.9. The summed E-state index contributed by atoms with van der Waals surface area (Å²) in [6, 6.07) is 20.5. The average Bonchev–Trinajstić information content (AvgIpc) is 3.44. The van der Waals surface area contributed by atoms with Gasteiger partial charge < -0.3 is 10.2 Å². The van der Waals surface area contributed by atoms with Crippen LogP contribution >= 0.6 is 0 Å². The van der Waals surface area contributed by atoms with Crippen molar-refractivity contribution in [3.63, 3.8) is 0 Å². The molecule has 3 heteroatoms. The second-order valence-electron chi connectivity index (χ2n) is 6.76. The van der Waals surface area contributed by atoms with Crippen LogP contribution < -0.4 is 5.32 Å². The molecule has 2 unspecified atom stereocenters. The molecule has 0 radical (unpaired) electrons. The van der Waals surface area contributed by atoms with Crippen LogP contribution in [0.4, 0.5) is 4.79 Å². The van der Waals surface area contributed by atoms with Crippen molar-refractivity contribution in [2.24, 2.45) is 5.92 Å². The van der Waals surface area contributed by atoms with Gasteiger partial charge in [0.05, 0.1) is 12.1 Å². The topological polar surface area (TPSA) is 32.3 Å². The maximum absolute atomic E-state index is 12.9.